The highest BCUT2D eigenvalue weighted by molar-refractivity contribution is 9.10. The van der Waals surface area contributed by atoms with Crippen LogP contribution in [-0.4, -0.2) is 23.8 Å². The van der Waals surface area contributed by atoms with E-state index in [4.69, 9.17) is 0 Å². The van der Waals surface area contributed by atoms with Gasteiger partial charge in [0, 0.05) is 4.47 Å². The van der Waals surface area contributed by atoms with E-state index >= 15 is 0 Å². The topological polar surface area (TPSA) is 58.6 Å². The molecule has 0 atom stereocenters. The maximum atomic E-state index is 11.7. The van der Waals surface area contributed by atoms with Crippen molar-refractivity contribution in [3.05, 3.63) is 28.2 Å². The van der Waals surface area contributed by atoms with Gasteiger partial charge < -0.3 is 5.11 Å². The smallest absolute Gasteiger partial charge is 0.414 e. The minimum Gasteiger partial charge on any atom is -0.507 e. The highest BCUT2D eigenvalue weighted by atomic mass is 79.9. The van der Waals surface area contributed by atoms with Crippen LogP contribution in [0.4, 0.5) is 13.2 Å². The summed E-state index contributed by atoms with van der Waals surface area (Å²) >= 11 is 3.05. The largest absolute Gasteiger partial charge is 0.507 e. The molecule has 0 saturated carbocycles. The quantitative estimate of drug-likeness (QED) is 0.842. The van der Waals surface area contributed by atoms with Crippen LogP contribution >= 0.6 is 15.9 Å². The van der Waals surface area contributed by atoms with Crippen LogP contribution in [0.3, 0.4) is 0 Å². The minimum absolute atomic E-state index is 0.193. The second kappa shape index (κ2) is 5.37. The highest BCUT2D eigenvalue weighted by Gasteiger charge is 2.28. The molecule has 2 N–H and O–H groups in total. The Morgan fingerprint density at radius 1 is 1.47 bits per heavy atom. The summed E-state index contributed by atoms with van der Waals surface area (Å²) in [7, 11) is 0. The maximum Gasteiger partial charge on any atom is 0.414 e. The van der Waals surface area contributed by atoms with Crippen molar-refractivity contribution in [1.29, 1.82) is 0 Å². The Balaban J connectivity index is 2.61. The number of phenolic OH excluding ortho intramolecular Hbond substituents is 1. The zero-order chi connectivity index (χ0) is 13.1. The van der Waals surface area contributed by atoms with Gasteiger partial charge in [0.2, 0.25) is 0 Å². The predicted octanol–water partition coefficient (Wildman–Crippen LogP) is 2.38. The fourth-order valence-corrected chi connectivity index (χ4v) is 1.29. The number of carbonyl (C=O) groups is 1. The lowest BCUT2D eigenvalue weighted by atomic mass is 10.2. The third-order valence-electron chi connectivity index (χ3n) is 1.60. The standard InChI is InChI=1S/C9H7BrF3NO3/c10-5-1-2-7(15)6(3-5)8(16)14-17-4-9(11,12)13/h1-3,15H,4H2,(H,14,16). The summed E-state index contributed by atoms with van der Waals surface area (Å²) < 4.78 is 35.7. The number of benzene rings is 1. The van der Waals surface area contributed by atoms with Crippen molar-refractivity contribution in [2.45, 2.75) is 6.18 Å². The van der Waals surface area contributed by atoms with Gasteiger partial charge in [0.15, 0.2) is 6.61 Å². The monoisotopic (exact) mass is 313 g/mol. The summed E-state index contributed by atoms with van der Waals surface area (Å²) in [5.74, 6) is -1.32. The fourth-order valence-electron chi connectivity index (χ4n) is 0.929. The number of amides is 1. The van der Waals surface area contributed by atoms with Gasteiger partial charge in [0.05, 0.1) is 5.56 Å². The second-order valence-electron chi connectivity index (χ2n) is 3.00. The Morgan fingerprint density at radius 3 is 2.71 bits per heavy atom. The van der Waals surface area contributed by atoms with Crippen molar-refractivity contribution < 1.29 is 27.9 Å². The normalized spacial score (nSPS) is 11.3. The number of phenols is 1. The molecule has 1 aromatic carbocycles. The van der Waals surface area contributed by atoms with Gasteiger partial charge >= 0.3 is 6.18 Å². The van der Waals surface area contributed by atoms with Gasteiger partial charge in [-0.15, -0.1) is 0 Å². The molecule has 0 aliphatic heterocycles. The minimum atomic E-state index is -4.54. The molecule has 8 heteroatoms. The molecule has 94 valence electrons. The third kappa shape index (κ3) is 4.61. The number of aromatic hydroxyl groups is 1. The first kappa shape index (κ1) is 13.8. The molecule has 0 unspecified atom stereocenters. The van der Waals surface area contributed by atoms with E-state index in [1.807, 2.05) is 0 Å². The Bertz CT molecular complexity index is 422. The number of hydrogen-bond acceptors (Lipinski definition) is 3. The van der Waals surface area contributed by atoms with Crippen molar-refractivity contribution in [2.75, 3.05) is 6.61 Å². The maximum absolute atomic E-state index is 11.7. The summed E-state index contributed by atoms with van der Waals surface area (Å²) in [6.07, 6.45) is -4.54. The van der Waals surface area contributed by atoms with E-state index in [0.29, 0.717) is 4.47 Å². The van der Waals surface area contributed by atoms with Crippen LogP contribution in [0, 0.1) is 0 Å². The van der Waals surface area contributed by atoms with Gasteiger partial charge in [0.25, 0.3) is 5.91 Å². The van der Waals surface area contributed by atoms with Crippen molar-refractivity contribution in [3.63, 3.8) is 0 Å². The van der Waals surface area contributed by atoms with E-state index in [2.05, 4.69) is 20.8 Å². The molecule has 0 heterocycles. The van der Waals surface area contributed by atoms with Crippen molar-refractivity contribution in [2.24, 2.45) is 0 Å². The first-order valence-corrected chi connectivity index (χ1v) is 5.06. The van der Waals surface area contributed by atoms with Gasteiger partial charge in [-0.1, -0.05) is 15.9 Å². The first-order chi connectivity index (χ1) is 7.79. The Hall–Kier alpha value is -1.28. The van der Waals surface area contributed by atoms with E-state index in [1.54, 1.807) is 5.48 Å². The van der Waals surface area contributed by atoms with Gasteiger partial charge in [-0.05, 0) is 18.2 Å². The molecule has 1 amide bonds. The van der Waals surface area contributed by atoms with E-state index in [1.165, 1.54) is 18.2 Å². The highest BCUT2D eigenvalue weighted by Crippen LogP contribution is 2.21. The number of nitrogens with one attached hydrogen (secondary N) is 1. The Kier molecular flexibility index (Phi) is 4.35. The van der Waals surface area contributed by atoms with Crippen LogP contribution in [0.2, 0.25) is 0 Å². The summed E-state index contributed by atoms with van der Waals surface area (Å²) in [5.41, 5.74) is 1.39. The molecule has 0 radical (unpaired) electrons. The predicted molar refractivity (Wildman–Crippen MR) is 55.3 cm³/mol. The van der Waals surface area contributed by atoms with Crippen molar-refractivity contribution in [3.8, 4) is 5.75 Å². The molecule has 1 rings (SSSR count). The van der Waals surface area contributed by atoms with Gasteiger partial charge in [0.1, 0.15) is 5.75 Å². The zero-order valence-corrected chi connectivity index (χ0v) is 9.80. The fraction of sp³-hybridized carbons (Fsp3) is 0.222. The Labute approximate surface area is 102 Å². The van der Waals surface area contributed by atoms with Crippen LogP contribution in [-0.2, 0) is 4.84 Å². The summed E-state index contributed by atoms with van der Waals surface area (Å²) in [5, 5.41) is 9.31. The van der Waals surface area contributed by atoms with E-state index in [0.717, 1.165) is 0 Å². The lowest BCUT2D eigenvalue weighted by Crippen LogP contribution is -2.29. The molecule has 0 aromatic heterocycles. The molecule has 0 spiro atoms. The zero-order valence-electron chi connectivity index (χ0n) is 8.21. The molecular formula is C9H7BrF3NO3. The van der Waals surface area contributed by atoms with Crippen molar-refractivity contribution >= 4 is 21.8 Å². The molecule has 0 aliphatic rings. The Morgan fingerprint density at radius 2 is 2.12 bits per heavy atom. The summed E-state index contributed by atoms with van der Waals surface area (Å²) in [6, 6.07) is 3.95. The number of halogens is 4. The SMILES string of the molecule is O=C(NOCC(F)(F)F)c1cc(Br)ccc1O. The molecule has 17 heavy (non-hydrogen) atoms. The molecular weight excluding hydrogens is 307 g/mol. The summed E-state index contributed by atoms with van der Waals surface area (Å²) in [6.45, 7) is -1.60. The van der Waals surface area contributed by atoms with Gasteiger partial charge in [-0.2, -0.15) is 13.2 Å². The van der Waals surface area contributed by atoms with E-state index < -0.39 is 18.7 Å². The van der Waals surface area contributed by atoms with Crippen LogP contribution in [0.15, 0.2) is 22.7 Å². The van der Waals surface area contributed by atoms with Crippen LogP contribution < -0.4 is 5.48 Å². The lowest BCUT2D eigenvalue weighted by Gasteiger charge is -2.09. The number of alkyl halides is 3. The van der Waals surface area contributed by atoms with Crippen LogP contribution in [0.25, 0.3) is 0 Å². The second-order valence-corrected chi connectivity index (χ2v) is 3.91. The van der Waals surface area contributed by atoms with Crippen molar-refractivity contribution in [1.82, 2.24) is 5.48 Å². The molecule has 0 aliphatic carbocycles. The molecule has 0 bridgehead atoms. The van der Waals surface area contributed by atoms with Crippen LogP contribution in [0.1, 0.15) is 10.4 Å². The van der Waals surface area contributed by atoms with Crippen LogP contribution in [0.5, 0.6) is 5.75 Å². The molecule has 1 aromatic rings. The van der Waals surface area contributed by atoms with E-state index in [9.17, 15) is 23.1 Å². The summed E-state index contributed by atoms with van der Waals surface area (Å²) in [4.78, 5) is 15.3. The average molecular weight is 314 g/mol. The average Bonchev–Trinajstić information content (AvgIpc) is 2.19. The third-order valence-corrected chi connectivity index (χ3v) is 2.10. The number of hydroxylamine groups is 1. The van der Waals surface area contributed by atoms with Gasteiger partial charge in [-0.3, -0.25) is 9.63 Å². The number of carbonyl (C=O) groups excluding carboxylic acids is 1. The first-order valence-electron chi connectivity index (χ1n) is 4.27. The van der Waals surface area contributed by atoms with Gasteiger partial charge in [-0.25, -0.2) is 5.48 Å². The molecule has 0 saturated heterocycles. The molecule has 4 nitrogen and oxygen atoms in total. The number of hydrogen-bond donors (Lipinski definition) is 2. The molecule has 0 fully saturated rings. The van der Waals surface area contributed by atoms with E-state index in [-0.39, 0.29) is 11.3 Å². The number of rotatable bonds is 3. The lowest BCUT2D eigenvalue weighted by molar-refractivity contribution is -0.184.